The van der Waals surface area contributed by atoms with E-state index in [2.05, 4.69) is 55.7 Å². The fourth-order valence-corrected chi connectivity index (χ4v) is 2.58. The van der Waals surface area contributed by atoms with E-state index in [4.69, 9.17) is 0 Å². The molecule has 2 saturated heterocycles. The highest BCUT2D eigenvalue weighted by Gasteiger charge is 2.14. The molecule has 22 heavy (non-hydrogen) atoms. The van der Waals surface area contributed by atoms with Gasteiger partial charge in [-0.25, -0.2) is 0 Å². The predicted molar refractivity (Wildman–Crippen MR) is 100 cm³/mol. The van der Waals surface area contributed by atoms with Gasteiger partial charge in [0.25, 0.3) is 0 Å². The van der Waals surface area contributed by atoms with Gasteiger partial charge in [0, 0.05) is 67.5 Å². The Morgan fingerprint density at radius 2 is 1.14 bits per heavy atom. The number of piperazine rings is 1. The zero-order valence-electron chi connectivity index (χ0n) is 15.1. The van der Waals surface area contributed by atoms with Crippen LogP contribution in [0, 0.1) is 5.92 Å². The number of hydrogen-bond donors (Lipinski definition) is 0. The molecule has 5 heteroatoms. The number of rotatable bonds is 2. The molecule has 0 aliphatic carbocycles. The van der Waals surface area contributed by atoms with Crippen LogP contribution in [0.1, 0.15) is 33.6 Å². The van der Waals surface area contributed by atoms with Gasteiger partial charge < -0.3 is 14.7 Å². The minimum absolute atomic E-state index is 0. The molecule has 0 spiro atoms. The fraction of sp³-hybridized carbons (Fsp3) is 0.765. The third kappa shape index (κ3) is 8.57. The van der Waals surface area contributed by atoms with Gasteiger partial charge in [0.15, 0.2) is 0 Å². The van der Waals surface area contributed by atoms with E-state index < -0.39 is 0 Å². The Balaban J connectivity index is 0. The van der Waals surface area contributed by atoms with Gasteiger partial charge in [-0.15, -0.1) is 0 Å². The van der Waals surface area contributed by atoms with Crippen molar-refractivity contribution in [3.63, 3.8) is 0 Å². The summed E-state index contributed by atoms with van der Waals surface area (Å²) in [5.41, 5.74) is 2.43. The number of nitrogens with zero attached hydrogens (tertiary/aromatic N) is 3. The largest absolute Gasteiger partial charge is 0.376 e. The maximum atomic E-state index is 3.93. The monoisotopic (exact) mass is 301 g/mol. The van der Waals surface area contributed by atoms with Gasteiger partial charge in [0.1, 0.15) is 0 Å². The second kappa shape index (κ2) is 11.7. The third-order valence-electron chi connectivity index (χ3n) is 4.37. The van der Waals surface area contributed by atoms with Crippen LogP contribution in [-0.4, -0.2) is 77.8 Å². The zero-order chi connectivity index (χ0) is 15.1. The van der Waals surface area contributed by atoms with E-state index in [0.717, 1.165) is 19.0 Å². The molecule has 2 fully saturated rings. The Bertz CT molecular complexity index is 286. The highest BCUT2D eigenvalue weighted by atomic mass is 15.2. The van der Waals surface area contributed by atoms with Crippen LogP contribution in [0.3, 0.4) is 0 Å². The van der Waals surface area contributed by atoms with Crippen LogP contribution in [0.5, 0.6) is 0 Å². The van der Waals surface area contributed by atoms with Crippen molar-refractivity contribution in [1.29, 1.82) is 0 Å². The van der Waals surface area contributed by atoms with Gasteiger partial charge >= 0.3 is 0 Å². The molecule has 0 bridgehead atoms. The number of hydrogen-bond acceptors (Lipinski definition) is 3. The van der Waals surface area contributed by atoms with Crippen molar-refractivity contribution in [2.75, 3.05) is 46.3 Å². The summed E-state index contributed by atoms with van der Waals surface area (Å²) in [7, 11) is 2.16. The highest BCUT2D eigenvalue weighted by Crippen LogP contribution is 2.18. The van der Waals surface area contributed by atoms with E-state index in [-0.39, 0.29) is 16.8 Å². The summed E-state index contributed by atoms with van der Waals surface area (Å²) in [5, 5.41) is 0. The van der Waals surface area contributed by atoms with Crippen LogP contribution in [-0.2, 0) is 0 Å². The lowest BCUT2D eigenvalue weighted by Gasteiger charge is -2.33. The Morgan fingerprint density at radius 1 is 0.773 bits per heavy atom. The summed E-state index contributed by atoms with van der Waals surface area (Å²) in [6, 6.07) is 0. The Morgan fingerprint density at radius 3 is 1.50 bits per heavy atom. The molecule has 0 N–H and O–H groups in total. The molecular formula is C17H33B2N3. The Labute approximate surface area is 142 Å². The fourth-order valence-electron chi connectivity index (χ4n) is 2.58. The van der Waals surface area contributed by atoms with Crippen molar-refractivity contribution in [1.82, 2.24) is 14.7 Å². The summed E-state index contributed by atoms with van der Waals surface area (Å²) < 4.78 is 0. The molecule has 2 aliphatic heterocycles. The summed E-state index contributed by atoms with van der Waals surface area (Å²) in [6.45, 7) is 21.4. The average Bonchev–Trinajstić information content (AvgIpc) is 2.40. The zero-order valence-corrected chi connectivity index (χ0v) is 15.1. The van der Waals surface area contributed by atoms with Gasteiger partial charge in [-0.1, -0.05) is 20.1 Å². The molecule has 0 aromatic carbocycles. The van der Waals surface area contributed by atoms with Crippen LogP contribution < -0.4 is 0 Å². The molecule has 2 aliphatic rings. The maximum absolute atomic E-state index is 3.93. The molecule has 0 saturated carbocycles. The van der Waals surface area contributed by atoms with Crippen LogP contribution in [0.4, 0.5) is 0 Å². The van der Waals surface area contributed by atoms with Crippen molar-refractivity contribution in [3.05, 3.63) is 24.6 Å². The first-order chi connectivity index (χ1) is 9.40. The molecule has 2 heterocycles. The molecule has 2 rings (SSSR count). The molecule has 0 atom stereocenters. The first-order valence-corrected chi connectivity index (χ1v) is 7.89. The van der Waals surface area contributed by atoms with Crippen LogP contribution in [0.2, 0.25) is 0 Å². The molecule has 0 amide bonds. The van der Waals surface area contributed by atoms with E-state index in [1.807, 2.05) is 0 Å². The summed E-state index contributed by atoms with van der Waals surface area (Å²) in [6.07, 6.45) is 2.68. The number of allylic oxidation sites excluding steroid dienone is 2. The van der Waals surface area contributed by atoms with E-state index in [9.17, 15) is 0 Å². The molecule has 6 radical (unpaired) electrons. The van der Waals surface area contributed by atoms with Crippen LogP contribution in [0.25, 0.3) is 0 Å². The molecule has 122 valence electrons. The third-order valence-corrected chi connectivity index (χ3v) is 4.37. The summed E-state index contributed by atoms with van der Waals surface area (Å²) in [5.74, 6) is 0.926. The number of likely N-dealkylation sites (N-methyl/N-ethyl adjacent to an activating group) is 1. The first-order valence-electron chi connectivity index (χ1n) is 7.89. The Kier molecular flexibility index (Phi) is 12.5. The van der Waals surface area contributed by atoms with Crippen LogP contribution >= 0.6 is 0 Å². The highest BCUT2D eigenvalue weighted by molar-refractivity contribution is 5.76. The normalized spacial score (nSPS) is 19.3. The lowest BCUT2D eigenvalue weighted by atomic mass is 9.99. The smallest absolute Gasteiger partial charge is 0.0302 e. The van der Waals surface area contributed by atoms with E-state index >= 15 is 0 Å². The Hall–Kier alpha value is -0.830. The number of piperidine rings is 1. The summed E-state index contributed by atoms with van der Waals surface area (Å²) >= 11 is 0. The minimum atomic E-state index is 0. The lowest BCUT2D eigenvalue weighted by Crippen LogP contribution is -2.43. The minimum Gasteiger partial charge on any atom is -0.376 e. The second-order valence-electron chi connectivity index (χ2n) is 6.43. The molecule has 0 aromatic rings. The topological polar surface area (TPSA) is 9.72 Å². The first kappa shape index (κ1) is 23.4. The summed E-state index contributed by atoms with van der Waals surface area (Å²) in [4.78, 5) is 7.06. The SMILES string of the molecule is C=C(C)N1CCC(C)CC1.C=C(C)N1CCN(C)CC1.[B].[B]. The van der Waals surface area contributed by atoms with Crippen molar-refractivity contribution in [2.24, 2.45) is 5.92 Å². The van der Waals surface area contributed by atoms with Gasteiger partial charge in [-0.3, -0.25) is 0 Å². The van der Waals surface area contributed by atoms with E-state index in [0.29, 0.717) is 0 Å². The van der Waals surface area contributed by atoms with Gasteiger partial charge in [0.05, 0.1) is 0 Å². The quantitative estimate of drug-likeness (QED) is 0.724. The van der Waals surface area contributed by atoms with Gasteiger partial charge in [0.2, 0.25) is 0 Å². The van der Waals surface area contributed by atoms with E-state index in [1.165, 1.54) is 50.4 Å². The van der Waals surface area contributed by atoms with E-state index in [1.54, 1.807) is 0 Å². The van der Waals surface area contributed by atoms with Crippen molar-refractivity contribution < 1.29 is 0 Å². The van der Waals surface area contributed by atoms with Crippen molar-refractivity contribution in [2.45, 2.75) is 33.6 Å². The maximum Gasteiger partial charge on any atom is 0.0302 e. The standard InChI is InChI=1S/C9H17N.C8H16N2.2B/c2*1-8(2)10-6-4-9(3)5-7-10;;/h9H,1,4-7H2,2-3H3;1,4-7H2,2-3H3;;. The average molecular weight is 301 g/mol. The second-order valence-corrected chi connectivity index (χ2v) is 6.43. The van der Waals surface area contributed by atoms with Crippen molar-refractivity contribution in [3.8, 4) is 0 Å². The molecule has 3 nitrogen and oxygen atoms in total. The number of likely N-dealkylation sites (tertiary alicyclic amines) is 1. The predicted octanol–water partition coefficient (Wildman–Crippen LogP) is 2.26. The van der Waals surface area contributed by atoms with Crippen molar-refractivity contribution >= 4 is 16.8 Å². The molecule has 0 unspecified atom stereocenters. The molecule has 0 aromatic heterocycles. The van der Waals surface area contributed by atoms with Gasteiger partial charge in [-0.05, 0) is 39.7 Å². The van der Waals surface area contributed by atoms with Gasteiger partial charge in [-0.2, -0.15) is 0 Å². The lowest BCUT2D eigenvalue weighted by molar-refractivity contribution is 0.187. The molecular weight excluding hydrogens is 268 g/mol. The van der Waals surface area contributed by atoms with Crippen LogP contribution in [0.15, 0.2) is 24.6 Å².